The second-order valence-corrected chi connectivity index (χ2v) is 6.18. The topological polar surface area (TPSA) is 72.4 Å². The minimum atomic E-state index is 0. The van der Waals surface area contributed by atoms with Gasteiger partial charge in [0.2, 0.25) is 5.91 Å². The lowest BCUT2D eigenvalue weighted by atomic mass is 9.85. The van der Waals surface area contributed by atoms with Crippen molar-refractivity contribution in [1.82, 2.24) is 10.1 Å². The molecule has 5 nitrogen and oxygen atoms in total. The van der Waals surface area contributed by atoms with Gasteiger partial charge in [-0.3, -0.25) is 4.79 Å². The van der Waals surface area contributed by atoms with Gasteiger partial charge in [-0.1, -0.05) is 11.6 Å². The molecule has 21 heavy (non-hydrogen) atoms. The minimum Gasteiger partial charge on any atom is -0.359 e. The summed E-state index contributed by atoms with van der Waals surface area (Å²) in [6.07, 6.45) is 5.93. The van der Waals surface area contributed by atoms with Crippen LogP contribution in [0, 0.1) is 12.8 Å². The zero-order valence-electron chi connectivity index (χ0n) is 12.5. The van der Waals surface area contributed by atoms with Crippen LogP contribution in [0.15, 0.2) is 10.6 Å². The summed E-state index contributed by atoms with van der Waals surface area (Å²) in [5.41, 5.74) is 6.89. The third-order valence-corrected chi connectivity index (χ3v) is 4.57. The van der Waals surface area contributed by atoms with Crippen LogP contribution in [0.2, 0.25) is 0 Å². The molecule has 1 saturated heterocycles. The summed E-state index contributed by atoms with van der Waals surface area (Å²) in [6, 6.07) is 2.20. The van der Waals surface area contributed by atoms with E-state index in [1.807, 2.05) is 17.9 Å². The van der Waals surface area contributed by atoms with E-state index in [4.69, 9.17) is 10.3 Å². The van der Waals surface area contributed by atoms with E-state index in [0.717, 1.165) is 56.5 Å². The first-order chi connectivity index (χ1) is 9.65. The molecule has 3 rings (SSSR count). The number of nitrogens with two attached hydrogens (primary N) is 1. The quantitative estimate of drug-likeness (QED) is 0.911. The Morgan fingerprint density at radius 2 is 2.19 bits per heavy atom. The standard InChI is InChI=1S/C15H23N3O2.ClH/c1-10-8-14(20-17-10)13-6-3-7-18(13)15(19)11-4-2-5-12(16)9-11;/h8,11-13H,2-7,9,16H2,1H3;1H. The highest BCUT2D eigenvalue weighted by atomic mass is 35.5. The second-order valence-electron chi connectivity index (χ2n) is 6.18. The Balaban J connectivity index is 0.00000161. The summed E-state index contributed by atoms with van der Waals surface area (Å²) >= 11 is 0. The van der Waals surface area contributed by atoms with Crippen LogP contribution in [0.5, 0.6) is 0 Å². The smallest absolute Gasteiger partial charge is 0.226 e. The van der Waals surface area contributed by atoms with Gasteiger partial charge in [0.05, 0.1) is 11.7 Å². The number of likely N-dealkylation sites (tertiary alicyclic amines) is 1. The van der Waals surface area contributed by atoms with Gasteiger partial charge in [0.15, 0.2) is 5.76 Å². The second kappa shape index (κ2) is 6.79. The van der Waals surface area contributed by atoms with E-state index in [1.165, 1.54) is 0 Å². The summed E-state index contributed by atoms with van der Waals surface area (Å²) in [5, 5.41) is 3.95. The Bertz CT molecular complexity index is 491. The van der Waals surface area contributed by atoms with E-state index in [2.05, 4.69) is 5.16 Å². The molecule has 118 valence electrons. The first-order valence-corrected chi connectivity index (χ1v) is 7.64. The molecule has 1 aliphatic heterocycles. The molecule has 0 aromatic carbocycles. The molecule has 1 aliphatic carbocycles. The van der Waals surface area contributed by atoms with Gasteiger partial charge in [0, 0.05) is 24.6 Å². The highest BCUT2D eigenvalue weighted by molar-refractivity contribution is 5.85. The maximum absolute atomic E-state index is 12.7. The molecule has 1 aromatic heterocycles. The number of rotatable bonds is 2. The van der Waals surface area contributed by atoms with E-state index < -0.39 is 0 Å². The van der Waals surface area contributed by atoms with Gasteiger partial charge in [0.25, 0.3) is 0 Å². The van der Waals surface area contributed by atoms with Crippen LogP contribution in [0.1, 0.15) is 56.0 Å². The van der Waals surface area contributed by atoms with E-state index in [9.17, 15) is 4.79 Å². The van der Waals surface area contributed by atoms with Crippen LogP contribution in [-0.4, -0.2) is 28.6 Å². The largest absolute Gasteiger partial charge is 0.359 e. The van der Waals surface area contributed by atoms with Gasteiger partial charge in [-0.15, -0.1) is 12.4 Å². The van der Waals surface area contributed by atoms with E-state index in [1.54, 1.807) is 0 Å². The van der Waals surface area contributed by atoms with Crippen LogP contribution in [0.3, 0.4) is 0 Å². The van der Waals surface area contributed by atoms with Crippen molar-refractivity contribution in [2.45, 2.75) is 57.5 Å². The summed E-state index contributed by atoms with van der Waals surface area (Å²) < 4.78 is 5.37. The van der Waals surface area contributed by atoms with Crippen molar-refractivity contribution in [2.75, 3.05) is 6.54 Å². The number of aromatic nitrogens is 1. The lowest BCUT2D eigenvalue weighted by Gasteiger charge is -2.31. The van der Waals surface area contributed by atoms with E-state index in [-0.39, 0.29) is 36.3 Å². The molecule has 2 fully saturated rings. The van der Waals surface area contributed by atoms with Crippen molar-refractivity contribution in [3.8, 4) is 0 Å². The average Bonchev–Trinajstić information content (AvgIpc) is 3.06. The van der Waals surface area contributed by atoms with Crippen LogP contribution in [0.4, 0.5) is 0 Å². The zero-order valence-corrected chi connectivity index (χ0v) is 13.3. The number of hydrogen-bond acceptors (Lipinski definition) is 4. The molecule has 1 aromatic rings. The fraction of sp³-hybridized carbons (Fsp3) is 0.733. The van der Waals surface area contributed by atoms with Crippen LogP contribution >= 0.6 is 12.4 Å². The maximum Gasteiger partial charge on any atom is 0.226 e. The van der Waals surface area contributed by atoms with E-state index in [0.29, 0.717) is 0 Å². The van der Waals surface area contributed by atoms with Crippen molar-refractivity contribution < 1.29 is 9.32 Å². The molecule has 0 spiro atoms. The van der Waals surface area contributed by atoms with Gasteiger partial charge < -0.3 is 15.2 Å². The predicted octanol–water partition coefficient (Wildman–Crippen LogP) is 2.59. The minimum absolute atomic E-state index is 0. The number of halogens is 1. The molecule has 2 heterocycles. The van der Waals surface area contributed by atoms with Crippen LogP contribution in [-0.2, 0) is 4.79 Å². The SMILES string of the molecule is Cc1cc(C2CCCN2C(=O)C2CCCC(N)C2)on1.Cl. The lowest BCUT2D eigenvalue weighted by Crippen LogP contribution is -2.40. The first kappa shape index (κ1) is 16.3. The van der Waals surface area contributed by atoms with Crippen molar-refractivity contribution in [2.24, 2.45) is 11.7 Å². The Morgan fingerprint density at radius 3 is 2.86 bits per heavy atom. The van der Waals surface area contributed by atoms with E-state index >= 15 is 0 Å². The Kier molecular flexibility index (Phi) is 5.27. The van der Waals surface area contributed by atoms with Gasteiger partial charge in [-0.05, 0) is 39.0 Å². The average molecular weight is 314 g/mol. The summed E-state index contributed by atoms with van der Waals surface area (Å²) in [4.78, 5) is 14.7. The highest BCUT2D eigenvalue weighted by Gasteiger charge is 2.37. The fourth-order valence-electron chi connectivity index (χ4n) is 3.55. The van der Waals surface area contributed by atoms with Crippen molar-refractivity contribution in [1.29, 1.82) is 0 Å². The maximum atomic E-state index is 12.7. The molecule has 6 heteroatoms. The van der Waals surface area contributed by atoms with Crippen molar-refractivity contribution >= 4 is 18.3 Å². The van der Waals surface area contributed by atoms with Gasteiger partial charge in [-0.25, -0.2) is 0 Å². The number of amides is 1. The fourth-order valence-corrected chi connectivity index (χ4v) is 3.55. The molecular formula is C15H24ClN3O2. The number of aryl methyl sites for hydroxylation is 1. The molecule has 1 amide bonds. The van der Waals surface area contributed by atoms with Gasteiger partial charge in [-0.2, -0.15) is 0 Å². The summed E-state index contributed by atoms with van der Waals surface area (Å²) in [7, 11) is 0. The lowest BCUT2D eigenvalue weighted by molar-refractivity contribution is -0.138. The molecule has 2 aliphatic rings. The Labute approximate surface area is 131 Å². The first-order valence-electron chi connectivity index (χ1n) is 7.64. The predicted molar refractivity (Wildman–Crippen MR) is 82.1 cm³/mol. The van der Waals surface area contributed by atoms with Crippen molar-refractivity contribution in [3.63, 3.8) is 0 Å². The van der Waals surface area contributed by atoms with Gasteiger partial charge >= 0.3 is 0 Å². The van der Waals surface area contributed by atoms with Crippen molar-refractivity contribution in [3.05, 3.63) is 17.5 Å². The number of nitrogens with zero attached hydrogens (tertiary/aromatic N) is 2. The van der Waals surface area contributed by atoms with Crippen LogP contribution < -0.4 is 5.73 Å². The normalized spacial score (nSPS) is 29.2. The molecule has 3 atom stereocenters. The van der Waals surface area contributed by atoms with Crippen LogP contribution in [0.25, 0.3) is 0 Å². The molecule has 1 saturated carbocycles. The van der Waals surface area contributed by atoms with Gasteiger partial charge in [0.1, 0.15) is 0 Å². The molecule has 2 N–H and O–H groups in total. The molecule has 0 radical (unpaired) electrons. The summed E-state index contributed by atoms with van der Waals surface area (Å²) in [6.45, 7) is 2.74. The molecular weight excluding hydrogens is 290 g/mol. The molecule has 3 unspecified atom stereocenters. The summed E-state index contributed by atoms with van der Waals surface area (Å²) in [5.74, 6) is 1.19. The monoisotopic (exact) mass is 313 g/mol. The third-order valence-electron chi connectivity index (χ3n) is 4.57. The molecule has 0 bridgehead atoms. The number of hydrogen-bond donors (Lipinski definition) is 1. The Morgan fingerprint density at radius 1 is 1.38 bits per heavy atom. The number of carbonyl (C=O) groups excluding carboxylic acids is 1. The zero-order chi connectivity index (χ0) is 14.1. The highest BCUT2D eigenvalue weighted by Crippen LogP contribution is 2.35. The third kappa shape index (κ3) is 3.40. The Hall–Kier alpha value is -1.07. The number of carbonyl (C=O) groups is 1.